The molecular weight excluding hydrogens is 937 g/mol. The second-order valence-corrected chi connectivity index (χ2v) is 22.9. The first-order valence-electron chi connectivity index (χ1n) is 32.4. The van der Waals surface area contributed by atoms with E-state index in [0.717, 1.165) is 49.9 Å². The molecule has 13 rings (SSSR count). The summed E-state index contributed by atoms with van der Waals surface area (Å²) in [6.07, 6.45) is 5.46. The lowest BCUT2D eigenvalue weighted by Crippen LogP contribution is -2.32. The van der Waals surface area contributed by atoms with Crippen molar-refractivity contribution in [2.45, 2.75) is 78.6 Å². The molecule has 0 spiro atoms. The van der Waals surface area contributed by atoms with Crippen LogP contribution in [-0.4, -0.2) is 14.1 Å². The average Bonchev–Trinajstić information content (AvgIpc) is 1.45. The first-order chi connectivity index (χ1) is 42.5. The lowest BCUT2D eigenvalue weighted by molar-refractivity contribution is -0.570. The molecule has 0 fully saturated rings. The SMILES string of the molecule is [2H]c1c([2H])c([2H])c(-c2cccc3c2-[n+]2[c-]n(-c4cccc(Oc5ccc6c7ccccc7n(-c7cc(C(C)(C)C)ccn7)c6c5)c4)c4cc(-c5cc(C(C)(C)C)cc(C(C)(C)C)c5)cc(c42)-c2c([2H])c([2H])c([2H])c([2H])c2-c2c([2H])c([2H])c([2H])c([2H])c2-3)c([2H])c1[2H]. The second-order valence-electron chi connectivity index (χ2n) is 22.9. The summed E-state index contributed by atoms with van der Waals surface area (Å²) in [5.41, 5.74) is 6.49. The topological polar surface area (TPSA) is 35.9 Å². The van der Waals surface area contributed by atoms with Crippen LogP contribution in [0.1, 0.15) is 96.8 Å². The van der Waals surface area contributed by atoms with Crippen LogP contribution < -0.4 is 9.30 Å². The molecule has 0 radical (unpaired) electrons. The first kappa shape index (κ1) is 35.5. The van der Waals surface area contributed by atoms with Gasteiger partial charge in [0, 0.05) is 23.0 Å². The van der Waals surface area contributed by atoms with Gasteiger partial charge in [-0.2, -0.15) is 0 Å². The summed E-state index contributed by atoms with van der Waals surface area (Å²) in [7, 11) is 0. The number of para-hydroxylation sites is 2. The van der Waals surface area contributed by atoms with Crippen LogP contribution in [0.15, 0.2) is 212 Å². The molecule has 0 aliphatic carbocycles. The fourth-order valence-electron chi connectivity index (χ4n) is 10.7. The minimum atomic E-state index is -0.649. The quantitative estimate of drug-likeness (QED) is 0.123. The van der Waals surface area contributed by atoms with Crippen LogP contribution in [-0.2, 0) is 16.2 Å². The van der Waals surface area contributed by atoms with Crippen LogP contribution in [0.3, 0.4) is 0 Å². The van der Waals surface area contributed by atoms with Crippen molar-refractivity contribution in [3.63, 3.8) is 0 Å². The van der Waals surface area contributed by atoms with E-state index in [1.807, 2.05) is 79.0 Å². The van der Waals surface area contributed by atoms with E-state index in [0.29, 0.717) is 28.3 Å². The van der Waals surface area contributed by atoms with Gasteiger partial charge < -0.3 is 4.74 Å². The van der Waals surface area contributed by atoms with E-state index in [-0.39, 0.29) is 72.0 Å². The van der Waals surface area contributed by atoms with Gasteiger partial charge >= 0.3 is 0 Å². The molecule has 1 aliphatic heterocycles. The maximum atomic E-state index is 10.0. The zero-order valence-corrected chi connectivity index (χ0v) is 44.4. The number of aromatic nitrogens is 4. The number of rotatable bonds is 6. The average molecular weight is 1010 g/mol. The molecule has 0 saturated heterocycles. The van der Waals surface area contributed by atoms with E-state index in [4.69, 9.17) is 15.2 Å². The molecule has 0 unspecified atom stereocenters. The molecule has 0 saturated carbocycles. The Bertz CT molecular complexity index is 5040. The monoisotopic (exact) mass is 1010 g/mol. The van der Waals surface area contributed by atoms with Gasteiger partial charge in [0.2, 0.25) is 0 Å². The molecule has 0 bridgehead atoms. The van der Waals surface area contributed by atoms with Crippen molar-refractivity contribution < 1.29 is 27.1 Å². The zero-order chi connectivity index (χ0) is 64.3. The van der Waals surface area contributed by atoms with Crippen molar-refractivity contribution in [3.8, 4) is 84.3 Å². The molecular formula is C72H62N4O. The van der Waals surface area contributed by atoms with Crippen molar-refractivity contribution in [3.05, 3.63) is 235 Å². The van der Waals surface area contributed by atoms with E-state index in [1.54, 1.807) is 27.3 Å². The number of ether oxygens (including phenoxy) is 1. The smallest absolute Gasteiger partial charge is 0.269 e. The molecule has 77 heavy (non-hydrogen) atoms. The van der Waals surface area contributed by atoms with E-state index >= 15 is 0 Å². The molecule has 0 amide bonds. The Morgan fingerprint density at radius 1 is 0.455 bits per heavy atom. The van der Waals surface area contributed by atoms with Gasteiger partial charge in [-0.1, -0.05) is 208 Å². The molecule has 376 valence electrons. The summed E-state index contributed by atoms with van der Waals surface area (Å²) < 4.78 is 134. The third kappa shape index (κ3) is 8.33. The fraction of sp³-hybridized carbons (Fsp3) is 0.167. The number of hydrogen-bond donors (Lipinski definition) is 0. The van der Waals surface area contributed by atoms with Crippen LogP contribution in [0.2, 0.25) is 0 Å². The van der Waals surface area contributed by atoms with E-state index in [9.17, 15) is 12.3 Å². The lowest BCUT2D eigenvalue weighted by atomic mass is 9.78. The minimum absolute atomic E-state index is 0.0653. The third-order valence-corrected chi connectivity index (χ3v) is 14.7. The molecule has 9 aromatic carbocycles. The van der Waals surface area contributed by atoms with Crippen LogP contribution in [0.4, 0.5) is 0 Å². The third-order valence-electron chi connectivity index (χ3n) is 14.7. The highest BCUT2D eigenvalue weighted by Crippen LogP contribution is 2.47. The van der Waals surface area contributed by atoms with Gasteiger partial charge in [0.25, 0.3) is 6.33 Å². The highest BCUT2D eigenvalue weighted by Gasteiger charge is 2.29. The molecule has 1 aliphatic rings. The predicted molar refractivity (Wildman–Crippen MR) is 319 cm³/mol. The van der Waals surface area contributed by atoms with Crippen molar-refractivity contribution in [1.82, 2.24) is 14.1 Å². The van der Waals surface area contributed by atoms with Crippen LogP contribution in [0, 0.1) is 6.33 Å². The molecule has 0 atom stereocenters. The normalized spacial score (nSPS) is 14.8. The largest absolute Gasteiger partial charge is 0.458 e. The van der Waals surface area contributed by atoms with Gasteiger partial charge in [-0.05, 0) is 143 Å². The van der Waals surface area contributed by atoms with Crippen molar-refractivity contribution >= 4 is 32.8 Å². The van der Waals surface area contributed by atoms with Gasteiger partial charge in [0.15, 0.2) is 0 Å². The van der Waals surface area contributed by atoms with Gasteiger partial charge in [-0.25, -0.2) is 4.98 Å². The lowest BCUT2D eigenvalue weighted by Gasteiger charge is -2.26. The number of fused-ring (bicyclic) bond motifs is 10. The Morgan fingerprint density at radius 3 is 1.75 bits per heavy atom. The summed E-state index contributed by atoms with van der Waals surface area (Å²) in [4.78, 5) is 4.88. The number of pyridine rings is 1. The summed E-state index contributed by atoms with van der Waals surface area (Å²) in [6, 6.07) is 33.2. The summed E-state index contributed by atoms with van der Waals surface area (Å²) in [6.45, 7) is 19.3. The molecule has 0 N–H and O–H groups in total. The fourth-order valence-corrected chi connectivity index (χ4v) is 10.7. The Hall–Kier alpha value is -8.80. The van der Waals surface area contributed by atoms with Gasteiger partial charge in [0.05, 0.1) is 51.3 Å². The standard InChI is InChI=1S/C72H62N4O/c1-70(2,3)49-35-36-73-67(42-49)76-64-32-18-17-29-60(64)61-34-33-54(44-65(61)76)77-53-24-19-23-52(43-53)74-45-75-68-55(46-21-11-10-12-22-46)30-20-31-62(68)58-27-15-13-25-56(58)57-26-14-16-28-59(57)63-39-48(40-66(74)69(63)75)47-37-50(71(4,5)6)41-51(38-47)72(7,8)9/h10-44H,1-9H3/i10D,11D,12D,13D,14D,15D,16D,21D,22D,25D,26D,27D,28D. The Morgan fingerprint density at radius 2 is 1.05 bits per heavy atom. The van der Waals surface area contributed by atoms with Gasteiger partial charge in [0.1, 0.15) is 17.3 Å². The van der Waals surface area contributed by atoms with E-state index < -0.39 is 78.6 Å². The maximum absolute atomic E-state index is 10.0. The zero-order valence-electron chi connectivity index (χ0n) is 57.4. The van der Waals surface area contributed by atoms with Crippen LogP contribution in [0.25, 0.3) is 106 Å². The predicted octanol–water partition coefficient (Wildman–Crippen LogP) is 18.5. The molecule has 3 aromatic heterocycles. The minimum Gasteiger partial charge on any atom is -0.458 e. The Kier molecular flexibility index (Phi) is 8.25. The Labute approximate surface area is 470 Å². The van der Waals surface area contributed by atoms with Crippen molar-refractivity contribution in [1.29, 1.82) is 0 Å². The van der Waals surface area contributed by atoms with Gasteiger partial charge in [-0.15, -0.1) is 0 Å². The summed E-state index contributed by atoms with van der Waals surface area (Å²) >= 11 is 0. The van der Waals surface area contributed by atoms with Crippen molar-refractivity contribution in [2.24, 2.45) is 0 Å². The number of hydrogen-bond acceptors (Lipinski definition) is 2. The second kappa shape index (κ2) is 17.9. The molecule has 5 nitrogen and oxygen atoms in total. The van der Waals surface area contributed by atoms with Crippen molar-refractivity contribution in [2.75, 3.05) is 0 Å². The summed E-state index contributed by atoms with van der Waals surface area (Å²) in [5.74, 6) is 1.71. The molecule has 12 aromatic rings. The Balaban J connectivity index is 1.16. The maximum Gasteiger partial charge on any atom is 0.269 e. The van der Waals surface area contributed by atoms with E-state index in [1.165, 1.54) is 0 Å². The first-order valence-corrected chi connectivity index (χ1v) is 25.9. The van der Waals surface area contributed by atoms with Crippen LogP contribution in [0.5, 0.6) is 11.5 Å². The number of imidazole rings is 1. The van der Waals surface area contributed by atoms with Gasteiger partial charge in [-0.3, -0.25) is 13.7 Å². The highest BCUT2D eigenvalue weighted by molar-refractivity contribution is 6.09. The summed E-state index contributed by atoms with van der Waals surface area (Å²) in [5, 5.41) is 2.05. The van der Waals surface area contributed by atoms with Crippen LogP contribution >= 0.6 is 0 Å². The molecule has 5 heteroatoms. The number of benzene rings is 9. The number of nitrogens with zero attached hydrogens (tertiary/aromatic N) is 4. The highest BCUT2D eigenvalue weighted by atomic mass is 16.5. The van der Waals surface area contributed by atoms with E-state index in [2.05, 4.69) is 110 Å². The molecule has 4 heterocycles.